The summed E-state index contributed by atoms with van der Waals surface area (Å²) in [5.74, 6) is -0.668. The standard InChI is InChI=1S/C32H35Cl3N2O4/c33-32(34,35)31(39)36-19-26-6-2-3-7-28(26)23-12-14-25(15-13-23)30-40-27(20-37-16-4-1-5-17-37)18-29(41-30)24-10-8-22(21-38)9-11-24/h2-3,6-15,27,29-30,38H,1,4-5,16-21H2,(H,36,39)/t27-,29+,30+/m1/s1. The third-order valence-electron chi connectivity index (χ3n) is 7.73. The predicted octanol–water partition coefficient (Wildman–Crippen LogP) is 6.86. The quantitative estimate of drug-likeness (QED) is 0.270. The fraction of sp³-hybridized carbons (Fsp3) is 0.406. The van der Waals surface area contributed by atoms with Gasteiger partial charge < -0.3 is 24.8 Å². The molecule has 6 nitrogen and oxygen atoms in total. The van der Waals surface area contributed by atoms with Crippen molar-refractivity contribution in [1.82, 2.24) is 10.2 Å². The Morgan fingerprint density at radius 3 is 2.27 bits per heavy atom. The number of carbonyl (C=O) groups is 1. The number of aliphatic hydroxyl groups excluding tert-OH is 1. The highest BCUT2D eigenvalue weighted by Gasteiger charge is 2.33. The van der Waals surface area contributed by atoms with Gasteiger partial charge in [-0.25, -0.2) is 0 Å². The number of alkyl halides is 3. The molecule has 2 aliphatic rings. The molecule has 41 heavy (non-hydrogen) atoms. The van der Waals surface area contributed by atoms with Crippen molar-refractivity contribution in [3.05, 3.63) is 95.1 Å². The zero-order valence-electron chi connectivity index (χ0n) is 22.8. The Morgan fingerprint density at radius 1 is 0.902 bits per heavy atom. The summed E-state index contributed by atoms with van der Waals surface area (Å²) in [4.78, 5) is 14.6. The van der Waals surface area contributed by atoms with Gasteiger partial charge in [0.2, 0.25) is 0 Å². The van der Waals surface area contributed by atoms with Crippen molar-refractivity contribution in [1.29, 1.82) is 0 Å². The number of halogens is 3. The number of carbonyl (C=O) groups excluding carboxylic acids is 1. The second kappa shape index (κ2) is 13.9. The molecule has 0 saturated carbocycles. The van der Waals surface area contributed by atoms with Gasteiger partial charge in [0.15, 0.2) is 6.29 Å². The fourth-order valence-electron chi connectivity index (χ4n) is 5.51. The summed E-state index contributed by atoms with van der Waals surface area (Å²) in [6.45, 7) is 3.35. The number of nitrogens with one attached hydrogen (secondary N) is 1. The fourth-order valence-corrected chi connectivity index (χ4v) is 5.72. The number of hydrogen-bond donors (Lipinski definition) is 2. The minimum atomic E-state index is -2.01. The van der Waals surface area contributed by atoms with Crippen molar-refractivity contribution in [2.75, 3.05) is 19.6 Å². The number of hydrogen-bond acceptors (Lipinski definition) is 5. The van der Waals surface area contributed by atoms with Crippen LogP contribution in [0.4, 0.5) is 0 Å². The van der Waals surface area contributed by atoms with Crippen molar-refractivity contribution < 1.29 is 19.4 Å². The summed E-state index contributed by atoms with van der Waals surface area (Å²) in [5, 5.41) is 12.2. The lowest BCUT2D eigenvalue weighted by atomic mass is 9.97. The lowest BCUT2D eigenvalue weighted by Gasteiger charge is -2.39. The molecule has 2 heterocycles. The molecule has 0 spiro atoms. The molecule has 3 atom stereocenters. The number of amides is 1. The average molecular weight is 618 g/mol. The highest BCUT2D eigenvalue weighted by Crippen LogP contribution is 2.39. The third-order valence-corrected chi connectivity index (χ3v) is 8.25. The van der Waals surface area contributed by atoms with Gasteiger partial charge in [-0.1, -0.05) is 114 Å². The first-order chi connectivity index (χ1) is 19.8. The van der Waals surface area contributed by atoms with E-state index in [9.17, 15) is 9.90 Å². The largest absolute Gasteiger partial charge is 0.392 e. The second-order valence-corrected chi connectivity index (χ2v) is 13.0. The van der Waals surface area contributed by atoms with Crippen LogP contribution in [-0.2, 0) is 27.4 Å². The summed E-state index contributed by atoms with van der Waals surface area (Å²) < 4.78 is 11.1. The molecule has 3 aromatic carbocycles. The average Bonchev–Trinajstić information content (AvgIpc) is 3.00. The highest BCUT2D eigenvalue weighted by molar-refractivity contribution is 6.76. The number of benzene rings is 3. The Kier molecular flexibility index (Phi) is 10.3. The van der Waals surface area contributed by atoms with Crippen LogP contribution in [0.3, 0.4) is 0 Å². The summed E-state index contributed by atoms with van der Waals surface area (Å²) in [5.41, 5.74) is 5.77. The Balaban J connectivity index is 1.34. The van der Waals surface area contributed by atoms with Crippen molar-refractivity contribution in [3.8, 4) is 11.1 Å². The molecule has 2 N–H and O–H groups in total. The van der Waals surface area contributed by atoms with E-state index in [0.717, 1.165) is 59.4 Å². The number of likely N-dealkylation sites (tertiary alicyclic amines) is 1. The second-order valence-electron chi connectivity index (χ2n) is 10.7. The van der Waals surface area contributed by atoms with Crippen LogP contribution >= 0.6 is 34.8 Å². The van der Waals surface area contributed by atoms with E-state index < -0.39 is 16.0 Å². The minimum absolute atomic E-state index is 0.0177. The lowest BCUT2D eigenvalue weighted by molar-refractivity contribution is -0.253. The normalized spacial score (nSPS) is 21.9. The van der Waals surface area contributed by atoms with Crippen LogP contribution < -0.4 is 5.32 Å². The first-order valence-electron chi connectivity index (χ1n) is 14.1. The molecule has 2 saturated heterocycles. The van der Waals surface area contributed by atoms with Crippen LogP contribution in [0.2, 0.25) is 0 Å². The van der Waals surface area contributed by atoms with E-state index in [0.29, 0.717) is 0 Å². The lowest BCUT2D eigenvalue weighted by Crippen LogP contribution is -2.41. The molecule has 0 aromatic heterocycles. The van der Waals surface area contributed by atoms with Gasteiger partial charge in [-0.15, -0.1) is 0 Å². The number of ether oxygens (including phenoxy) is 2. The SMILES string of the molecule is O=C(NCc1ccccc1-c1ccc([C@H]2O[C@@H](CN3CCCCC3)C[C@@H](c3ccc(CO)cc3)O2)cc1)C(Cl)(Cl)Cl. The highest BCUT2D eigenvalue weighted by atomic mass is 35.6. The molecule has 0 radical (unpaired) electrons. The molecule has 0 aliphatic carbocycles. The van der Waals surface area contributed by atoms with E-state index in [1.165, 1.54) is 19.3 Å². The van der Waals surface area contributed by atoms with E-state index in [-0.39, 0.29) is 25.4 Å². The number of rotatable bonds is 8. The first-order valence-corrected chi connectivity index (χ1v) is 15.2. The van der Waals surface area contributed by atoms with Gasteiger partial charge in [-0.3, -0.25) is 4.79 Å². The van der Waals surface area contributed by atoms with Gasteiger partial charge in [0.05, 0.1) is 18.8 Å². The number of aliphatic hydroxyl groups is 1. The molecular formula is C32H35Cl3N2O4. The molecule has 218 valence electrons. The van der Waals surface area contributed by atoms with Gasteiger partial charge in [0.25, 0.3) is 9.70 Å². The Morgan fingerprint density at radius 2 is 1.59 bits per heavy atom. The molecule has 3 aromatic rings. The first kappa shape index (κ1) is 30.3. The van der Waals surface area contributed by atoms with Crippen molar-refractivity contribution in [2.24, 2.45) is 0 Å². The smallest absolute Gasteiger partial charge is 0.272 e. The maximum absolute atomic E-state index is 12.1. The molecule has 5 rings (SSSR count). The molecule has 1 amide bonds. The van der Waals surface area contributed by atoms with Gasteiger partial charge in [-0.2, -0.15) is 0 Å². The summed E-state index contributed by atoms with van der Waals surface area (Å²) in [6.07, 6.45) is 3.95. The van der Waals surface area contributed by atoms with Gasteiger partial charge in [-0.05, 0) is 53.7 Å². The molecule has 0 unspecified atom stereocenters. The monoisotopic (exact) mass is 616 g/mol. The third kappa shape index (κ3) is 8.02. The van der Waals surface area contributed by atoms with E-state index in [2.05, 4.69) is 10.2 Å². The number of piperidine rings is 1. The molecule has 9 heteroatoms. The number of nitrogens with zero attached hydrogens (tertiary/aromatic N) is 1. The van der Waals surface area contributed by atoms with E-state index in [4.69, 9.17) is 44.3 Å². The van der Waals surface area contributed by atoms with E-state index in [1.54, 1.807) is 0 Å². The molecular weight excluding hydrogens is 583 g/mol. The van der Waals surface area contributed by atoms with Crippen LogP contribution in [0.1, 0.15) is 60.3 Å². The Labute approximate surface area is 256 Å². The van der Waals surface area contributed by atoms with Crippen LogP contribution in [0.25, 0.3) is 11.1 Å². The van der Waals surface area contributed by atoms with E-state index >= 15 is 0 Å². The summed E-state index contributed by atoms with van der Waals surface area (Å²) in [7, 11) is 0. The van der Waals surface area contributed by atoms with Crippen LogP contribution in [0.15, 0.2) is 72.8 Å². The van der Waals surface area contributed by atoms with Gasteiger partial charge in [0, 0.05) is 25.1 Å². The molecule has 0 bridgehead atoms. The van der Waals surface area contributed by atoms with Crippen molar-refractivity contribution in [3.63, 3.8) is 0 Å². The summed E-state index contributed by atoms with van der Waals surface area (Å²) in [6, 6.07) is 23.9. The van der Waals surface area contributed by atoms with Crippen LogP contribution in [-0.4, -0.2) is 45.4 Å². The minimum Gasteiger partial charge on any atom is -0.392 e. The van der Waals surface area contributed by atoms with E-state index in [1.807, 2.05) is 72.8 Å². The van der Waals surface area contributed by atoms with Gasteiger partial charge in [0.1, 0.15) is 0 Å². The molecule has 2 aliphatic heterocycles. The Hall–Kier alpha value is -2.16. The molecule has 2 fully saturated rings. The Bertz CT molecular complexity index is 1290. The van der Waals surface area contributed by atoms with Crippen molar-refractivity contribution >= 4 is 40.7 Å². The predicted molar refractivity (Wildman–Crippen MR) is 163 cm³/mol. The maximum Gasteiger partial charge on any atom is 0.272 e. The summed E-state index contributed by atoms with van der Waals surface area (Å²) >= 11 is 17.1. The van der Waals surface area contributed by atoms with Crippen molar-refractivity contribution in [2.45, 2.75) is 61.1 Å². The zero-order valence-corrected chi connectivity index (χ0v) is 25.0. The van der Waals surface area contributed by atoms with Crippen LogP contribution in [0.5, 0.6) is 0 Å². The zero-order chi connectivity index (χ0) is 28.8. The maximum atomic E-state index is 12.1. The van der Waals surface area contributed by atoms with Crippen LogP contribution in [0, 0.1) is 0 Å². The van der Waals surface area contributed by atoms with Gasteiger partial charge >= 0.3 is 0 Å². The topological polar surface area (TPSA) is 71.0 Å².